The maximum atomic E-state index is 13.5. The summed E-state index contributed by atoms with van der Waals surface area (Å²) in [6.07, 6.45) is 1.84. The predicted molar refractivity (Wildman–Crippen MR) is 147 cm³/mol. The Hall–Kier alpha value is -3.10. The lowest BCUT2D eigenvalue weighted by Crippen LogP contribution is -2.29. The molecule has 2 atom stereocenters. The van der Waals surface area contributed by atoms with E-state index in [4.69, 9.17) is 23.2 Å². The van der Waals surface area contributed by atoms with Crippen molar-refractivity contribution in [1.29, 1.82) is 0 Å². The number of amides is 1. The fourth-order valence-electron chi connectivity index (χ4n) is 4.34. The number of aromatic nitrogens is 2. The third-order valence-electron chi connectivity index (χ3n) is 6.12. The maximum Gasteiger partial charge on any atom is 0.272 e. The van der Waals surface area contributed by atoms with E-state index in [-0.39, 0.29) is 35.0 Å². The van der Waals surface area contributed by atoms with Gasteiger partial charge in [-0.25, -0.2) is 9.07 Å². The number of fused-ring (bicyclic) bond motifs is 1. The third-order valence-corrected chi connectivity index (χ3v) is 7.90. The maximum absolute atomic E-state index is 13.5. The number of carbonyl (C=O) groups excluding carboxylic acids is 1. The molecule has 1 aliphatic rings. The molecule has 0 saturated carbocycles. The molecule has 5 nitrogen and oxygen atoms in total. The van der Waals surface area contributed by atoms with Gasteiger partial charge in [-0.2, -0.15) is 5.10 Å². The van der Waals surface area contributed by atoms with Crippen molar-refractivity contribution in [3.63, 3.8) is 0 Å². The van der Waals surface area contributed by atoms with Crippen molar-refractivity contribution in [3.05, 3.63) is 117 Å². The van der Waals surface area contributed by atoms with E-state index in [0.29, 0.717) is 32.6 Å². The van der Waals surface area contributed by atoms with Crippen molar-refractivity contribution in [2.24, 2.45) is 0 Å². The largest absolute Gasteiger partial charge is 0.616 e. The van der Waals surface area contributed by atoms with Crippen LogP contribution < -0.4 is 5.32 Å². The average Bonchev–Trinajstić information content (AvgIpc) is 3.25. The minimum atomic E-state index is -1.27. The van der Waals surface area contributed by atoms with Crippen LogP contribution >= 0.6 is 23.2 Å². The molecule has 0 fully saturated rings. The van der Waals surface area contributed by atoms with Crippen LogP contribution in [0.2, 0.25) is 10.0 Å². The third kappa shape index (κ3) is 5.45. The van der Waals surface area contributed by atoms with E-state index < -0.39 is 11.2 Å². The van der Waals surface area contributed by atoms with Crippen LogP contribution in [-0.4, -0.2) is 26.0 Å². The second-order valence-electron chi connectivity index (χ2n) is 8.74. The molecule has 3 aromatic carbocycles. The fourth-order valence-corrected chi connectivity index (χ4v) is 6.09. The zero-order chi connectivity index (χ0) is 26.1. The summed E-state index contributed by atoms with van der Waals surface area (Å²) in [5, 5.41) is 8.51. The molecule has 0 bridgehead atoms. The highest BCUT2D eigenvalue weighted by molar-refractivity contribution is 7.91. The first-order chi connectivity index (χ1) is 17.8. The topological polar surface area (TPSA) is 70.0 Å². The second-order valence-corrected chi connectivity index (χ2v) is 11.0. The zero-order valence-electron chi connectivity index (χ0n) is 19.8. The number of rotatable bonds is 5. The van der Waals surface area contributed by atoms with Crippen LogP contribution in [0.15, 0.2) is 72.8 Å². The van der Waals surface area contributed by atoms with Gasteiger partial charge in [0, 0.05) is 10.6 Å². The summed E-state index contributed by atoms with van der Waals surface area (Å²) in [6, 6.07) is 20.4. The molecule has 2 heterocycles. The average molecular weight is 554 g/mol. The fraction of sp³-hybridized carbons (Fsp3) is 0.143. The Morgan fingerprint density at radius 1 is 1.11 bits per heavy atom. The lowest BCUT2D eigenvalue weighted by molar-refractivity contribution is 0.0933. The van der Waals surface area contributed by atoms with Crippen molar-refractivity contribution < 1.29 is 13.7 Å². The molecule has 0 aliphatic carbocycles. The molecule has 1 aliphatic heterocycles. The van der Waals surface area contributed by atoms with Gasteiger partial charge < -0.3 is 9.87 Å². The van der Waals surface area contributed by atoms with Crippen LogP contribution in [0, 0.1) is 5.82 Å². The molecule has 188 valence electrons. The van der Waals surface area contributed by atoms with Crippen LogP contribution in [-0.2, 0) is 16.9 Å². The summed E-state index contributed by atoms with van der Waals surface area (Å²) in [6.45, 7) is 1.89. The molecule has 5 rings (SSSR count). The first-order valence-corrected chi connectivity index (χ1v) is 13.8. The summed E-state index contributed by atoms with van der Waals surface area (Å²) in [5.41, 5.74) is 4.33. The molecular formula is C28H22Cl2FN3O2S. The zero-order valence-corrected chi connectivity index (χ0v) is 22.1. The molecule has 0 spiro atoms. The van der Waals surface area contributed by atoms with Gasteiger partial charge in [-0.3, -0.25) is 4.79 Å². The van der Waals surface area contributed by atoms with Gasteiger partial charge in [0.2, 0.25) is 0 Å². The summed E-state index contributed by atoms with van der Waals surface area (Å²) in [5.74, 6) is -0.303. The first-order valence-electron chi connectivity index (χ1n) is 11.5. The van der Waals surface area contributed by atoms with Gasteiger partial charge in [0.1, 0.15) is 17.3 Å². The van der Waals surface area contributed by atoms with E-state index in [2.05, 4.69) is 10.4 Å². The Labute approximate surface area is 227 Å². The summed E-state index contributed by atoms with van der Waals surface area (Å²) >= 11 is 11.4. The molecule has 9 heteroatoms. The van der Waals surface area contributed by atoms with E-state index in [1.54, 1.807) is 35.0 Å². The Morgan fingerprint density at radius 2 is 1.84 bits per heavy atom. The van der Waals surface area contributed by atoms with Crippen molar-refractivity contribution in [2.75, 3.05) is 5.75 Å². The van der Waals surface area contributed by atoms with Crippen molar-refractivity contribution >= 4 is 51.9 Å². The van der Waals surface area contributed by atoms with Gasteiger partial charge in [0.15, 0.2) is 5.69 Å². The molecule has 1 N–H and O–H groups in total. The van der Waals surface area contributed by atoms with Gasteiger partial charge in [-0.05, 0) is 65.6 Å². The SMILES string of the molecule is C[C@H](NC(=O)c1nn(-c2ccc(Cl)cc2Cl)c2c1C[S+]([O-])C/C2=C\c1ccc(F)cc1)c1ccccc1. The van der Waals surface area contributed by atoms with E-state index >= 15 is 0 Å². The first kappa shape index (κ1) is 25.5. The number of hydrogen-bond donors (Lipinski definition) is 1. The van der Waals surface area contributed by atoms with Crippen molar-refractivity contribution in [3.8, 4) is 5.69 Å². The van der Waals surface area contributed by atoms with E-state index in [9.17, 15) is 13.7 Å². The number of hydrogen-bond acceptors (Lipinski definition) is 3. The van der Waals surface area contributed by atoms with Gasteiger partial charge in [0.05, 0.1) is 28.0 Å². The molecule has 0 saturated heterocycles. The summed E-state index contributed by atoms with van der Waals surface area (Å²) in [7, 11) is 0. The van der Waals surface area contributed by atoms with Gasteiger partial charge in [-0.1, -0.05) is 65.7 Å². The monoisotopic (exact) mass is 553 g/mol. The Bertz CT molecular complexity index is 1490. The quantitative estimate of drug-likeness (QED) is 0.282. The normalized spacial score (nSPS) is 16.9. The highest BCUT2D eigenvalue weighted by Gasteiger charge is 2.35. The highest BCUT2D eigenvalue weighted by Crippen LogP contribution is 2.37. The van der Waals surface area contributed by atoms with Gasteiger partial charge >= 0.3 is 0 Å². The van der Waals surface area contributed by atoms with E-state index in [0.717, 1.165) is 11.1 Å². The molecule has 4 aromatic rings. The van der Waals surface area contributed by atoms with Crippen LogP contribution in [0.4, 0.5) is 4.39 Å². The molecule has 37 heavy (non-hydrogen) atoms. The number of benzene rings is 3. The van der Waals surface area contributed by atoms with Crippen LogP contribution in [0.1, 0.15) is 45.8 Å². The minimum Gasteiger partial charge on any atom is -0.616 e. The van der Waals surface area contributed by atoms with Crippen LogP contribution in [0.25, 0.3) is 17.3 Å². The van der Waals surface area contributed by atoms with E-state index in [1.165, 1.54) is 12.1 Å². The Kier molecular flexibility index (Phi) is 7.40. The van der Waals surface area contributed by atoms with Gasteiger partial charge in [-0.15, -0.1) is 0 Å². The standard InChI is InChI=1S/C28H22Cl2FN3O2S/c1-17(19-5-3-2-4-6-19)32-28(35)26-23-16-37(36)15-20(13-18-7-10-22(31)11-8-18)27(23)34(33-26)25-12-9-21(29)14-24(25)30/h2-14,17H,15-16H2,1H3,(H,32,35)/b20-13+/t17-,37?/m0/s1. The van der Waals surface area contributed by atoms with Crippen molar-refractivity contribution in [1.82, 2.24) is 15.1 Å². The summed E-state index contributed by atoms with van der Waals surface area (Å²) < 4.78 is 28.1. The van der Waals surface area contributed by atoms with E-state index in [1.807, 2.05) is 43.3 Å². The smallest absolute Gasteiger partial charge is 0.272 e. The molecule has 0 radical (unpaired) electrons. The molecular weight excluding hydrogens is 532 g/mol. The molecule has 1 amide bonds. The predicted octanol–water partition coefficient (Wildman–Crippen LogP) is 6.61. The minimum absolute atomic E-state index is 0.170. The highest BCUT2D eigenvalue weighted by atomic mass is 35.5. The van der Waals surface area contributed by atoms with Crippen LogP contribution in [0.5, 0.6) is 0 Å². The van der Waals surface area contributed by atoms with Gasteiger partial charge in [0.25, 0.3) is 5.91 Å². The molecule has 1 unspecified atom stereocenters. The Morgan fingerprint density at radius 3 is 2.54 bits per heavy atom. The number of carbonyl (C=O) groups is 1. The van der Waals surface area contributed by atoms with Crippen LogP contribution in [0.3, 0.4) is 0 Å². The summed E-state index contributed by atoms with van der Waals surface area (Å²) in [4.78, 5) is 13.5. The lowest BCUT2D eigenvalue weighted by Gasteiger charge is -2.22. The number of nitrogens with zero attached hydrogens (tertiary/aromatic N) is 2. The van der Waals surface area contributed by atoms with Crippen molar-refractivity contribution in [2.45, 2.75) is 18.7 Å². The second kappa shape index (κ2) is 10.7. The molecule has 1 aromatic heterocycles. The lowest BCUT2D eigenvalue weighted by atomic mass is 10.0. The number of halogens is 3. The number of nitrogens with one attached hydrogen (secondary N) is 1. The Balaban J connectivity index is 1.64.